The Kier molecular flexibility index (Phi) is 3.59. The van der Waals surface area contributed by atoms with Crippen LogP contribution in [0.4, 0.5) is 5.69 Å². The monoisotopic (exact) mass is 286 g/mol. The van der Waals surface area contributed by atoms with Crippen molar-refractivity contribution in [2.24, 2.45) is 5.92 Å². The predicted octanol–water partition coefficient (Wildman–Crippen LogP) is 1.82. The van der Waals surface area contributed by atoms with Crippen LogP contribution in [-0.2, 0) is 0 Å². The number of fused-ring (bicyclic) bond motifs is 1. The van der Waals surface area contributed by atoms with Crippen LogP contribution in [0.25, 0.3) is 10.9 Å². The maximum absolute atomic E-state index is 12.4. The highest BCUT2D eigenvalue weighted by Gasteiger charge is 2.26. The summed E-state index contributed by atoms with van der Waals surface area (Å²) in [5.74, 6) is 0.430. The van der Waals surface area contributed by atoms with E-state index in [9.17, 15) is 4.79 Å². The smallest absolute Gasteiger partial charge is 0.267 e. The van der Waals surface area contributed by atoms with Crippen molar-refractivity contribution in [1.82, 2.24) is 15.2 Å². The molecule has 3 rings (SSSR count). The van der Waals surface area contributed by atoms with Crippen LogP contribution >= 0.6 is 0 Å². The lowest BCUT2D eigenvalue weighted by atomic mass is 9.94. The molecule has 0 aliphatic carbocycles. The Morgan fingerprint density at radius 3 is 3.00 bits per heavy atom. The zero-order chi connectivity index (χ0) is 15.0. The first-order chi connectivity index (χ1) is 10.0. The van der Waals surface area contributed by atoms with Crippen molar-refractivity contribution < 1.29 is 4.79 Å². The molecule has 0 saturated carbocycles. The Balaban J connectivity index is 1.74. The summed E-state index contributed by atoms with van der Waals surface area (Å²) in [5.41, 5.74) is 8.01. The number of aromatic nitrogens is 1. The summed E-state index contributed by atoms with van der Waals surface area (Å²) in [6.07, 6.45) is 0.997. The Morgan fingerprint density at radius 1 is 1.43 bits per heavy atom. The van der Waals surface area contributed by atoms with E-state index in [4.69, 9.17) is 5.73 Å². The van der Waals surface area contributed by atoms with E-state index in [0.29, 0.717) is 17.3 Å². The Labute approximate surface area is 124 Å². The molecule has 0 spiro atoms. The van der Waals surface area contributed by atoms with Crippen LogP contribution in [0.3, 0.4) is 0 Å². The van der Waals surface area contributed by atoms with Crippen molar-refractivity contribution in [2.45, 2.75) is 19.4 Å². The van der Waals surface area contributed by atoms with Crippen molar-refractivity contribution in [2.75, 3.05) is 25.9 Å². The zero-order valence-corrected chi connectivity index (χ0v) is 12.5. The van der Waals surface area contributed by atoms with Gasteiger partial charge in [0, 0.05) is 29.2 Å². The number of piperidine rings is 1. The SMILES string of the molecule is CC1CN(C)CCC1NC(=O)c1cc2cc(N)ccc2[nH]1. The molecular formula is C16H22N4O. The first-order valence-electron chi connectivity index (χ1n) is 7.40. The number of likely N-dealkylation sites (tertiary alicyclic amines) is 1. The fourth-order valence-electron chi connectivity index (χ4n) is 3.09. The van der Waals surface area contributed by atoms with Gasteiger partial charge in [-0.25, -0.2) is 0 Å². The Morgan fingerprint density at radius 2 is 2.24 bits per heavy atom. The molecule has 1 aliphatic rings. The third kappa shape index (κ3) is 2.88. The first kappa shape index (κ1) is 13.9. The third-order valence-electron chi connectivity index (χ3n) is 4.31. The standard InChI is InChI=1S/C16H22N4O/c1-10-9-20(2)6-5-13(10)19-16(21)15-8-11-7-12(17)3-4-14(11)18-15/h3-4,7-8,10,13,18H,5-6,9,17H2,1-2H3,(H,19,21). The Bertz CT molecular complexity index is 663. The minimum absolute atomic E-state index is 0.0359. The molecule has 2 atom stereocenters. The topological polar surface area (TPSA) is 74.2 Å². The highest BCUT2D eigenvalue weighted by atomic mass is 16.1. The molecule has 5 heteroatoms. The molecule has 5 nitrogen and oxygen atoms in total. The number of H-pyrrole nitrogens is 1. The molecule has 112 valence electrons. The average molecular weight is 286 g/mol. The van der Waals surface area contributed by atoms with E-state index in [1.54, 1.807) is 0 Å². The van der Waals surface area contributed by atoms with Crippen LogP contribution in [0, 0.1) is 5.92 Å². The summed E-state index contributed by atoms with van der Waals surface area (Å²) in [4.78, 5) is 17.9. The van der Waals surface area contributed by atoms with Crippen LogP contribution < -0.4 is 11.1 Å². The van der Waals surface area contributed by atoms with E-state index in [1.807, 2.05) is 24.3 Å². The van der Waals surface area contributed by atoms with Crippen LogP contribution in [-0.4, -0.2) is 42.0 Å². The molecule has 1 aromatic heterocycles. The second kappa shape index (κ2) is 5.41. The zero-order valence-electron chi connectivity index (χ0n) is 12.5. The van der Waals surface area contributed by atoms with Gasteiger partial charge in [0.05, 0.1) is 0 Å². The fraction of sp³-hybridized carbons (Fsp3) is 0.438. The molecular weight excluding hydrogens is 264 g/mol. The molecule has 21 heavy (non-hydrogen) atoms. The van der Waals surface area contributed by atoms with Gasteiger partial charge in [-0.05, 0) is 50.2 Å². The van der Waals surface area contributed by atoms with E-state index < -0.39 is 0 Å². The van der Waals surface area contributed by atoms with Gasteiger partial charge in [-0.1, -0.05) is 6.92 Å². The maximum Gasteiger partial charge on any atom is 0.267 e. The van der Waals surface area contributed by atoms with Crippen LogP contribution in [0.15, 0.2) is 24.3 Å². The number of nitrogens with two attached hydrogens (primary N) is 1. The van der Waals surface area contributed by atoms with Crippen molar-refractivity contribution >= 4 is 22.5 Å². The number of hydrogen-bond acceptors (Lipinski definition) is 3. The molecule has 2 aromatic rings. The average Bonchev–Trinajstić information content (AvgIpc) is 2.85. The lowest BCUT2D eigenvalue weighted by Crippen LogP contribution is -2.48. The number of carbonyl (C=O) groups is 1. The minimum Gasteiger partial charge on any atom is -0.399 e. The van der Waals surface area contributed by atoms with Gasteiger partial charge in [0.2, 0.25) is 0 Å². The number of anilines is 1. The fourth-order valence-corrected chi connectivity index (χ4v) is 3.09. The number of carbonyl (C=O) groups excluding carboxylic acids is 1. The highest BCUT2D eigenvalue weighted by Crippen LogP contribution is 2.20. The number of nitrogens with one attached hydrogen (secondary N) is 2. The summed E-state index contributed by atoms with van der Waals surface area (Å²) in [6.45, 7) is 4.24. The highest BCUT2D eigenvalue weighted by molar-refractivity contribution is 5.98. The van der Waals surface area contributed by atoms with Gasteiger partial charge in [-0.2, -0.15) is 0 Å². The number of nitrogens with zero attached hydrogens (tertiary/aromatic N) is 1. The summed E-state index contributed by atoms with van der Waals surface area (Å²) in [6, 6.07) is 7.71. The summed E-state index contributed by atoms with van der Waals surface area (Å²) < 4.78 is 0. The third-order valence-corrected chi connectivity index (χ3v) is 4.31. The Hall–Kier alpha value is -2.01. The van der Waals surface area contributed by atoms with Gasteiger partial charge in [-0.15, -0.1) is 0 Å². The number of benzene rings is 1. The van der Waals surface area contributed by atoms with Crippen molar-refractivity contribution in [3.63, 3.8) is 0 Å². The van der Waals surface area contributed by atoms with Gasteiger partial charge >= 0.3 is 0 Å². The summed E-state index contributed by atoms with van der Waals surface area (Å²) in [7, 11) is 2.12. The summed E-state index contributed by atoms with van der Waals surface area (Å²) in [5, 5.41) is 4.12. The molecule has 1 fully saturated rings. The lowest BCUT2D eigenvalue weighted by Gasteiger charge is -2.35. The lowest BCUT2D eigenvalue weighted by molar-refractivity contribution is 0.0879. The number of nitrogen functional groups attached to an aromatic ring is 1. The number of aromatic amines is 1. The van der Waals surface area contributed by atoms with Crippen LogP contribution in [0.1, 0.15) is 23.8 Å². The second-order valence-corrected chi connectivity index (χ2v) is 6.14. The van der Waals surface area contributed by atoms with Crippen LogP contribution in [0.5, 0.6) is 0 Å². The van der Waals surface area contributed by atoms with E-state index in [-0.39, 0.29) is 11.9 Å². The van der Waals surface area contributed by atoms with Gasteiger partial charge < -0.3 is 20.9 Å². The molecule has 0 radical (unpaired) electrons. The van der Waals surface area contributed by atoms with E-state index >= 15 is 0 Å². The van der Waals surface area contributed by atoms with Crippen molar-refractivity contribution in [1.29, 1.82) is 0 Å². The minimum atomic E-state index is -0.0359. The largest absolute Gasteiger partial charge is 0.399 e. The van der Waals surface area contributed by atoms with Crippen molar-refractivity contribution in [3.8, 4) is 0 Å². The van der Waals surface area contributed by atoms with Gasteiger partial charge in [0.15, 0.2) is 0 Å². The molecule has 1 amide bonds. The number of amides is 1. The maximum atomic E-state index is 12.4. The first-order valence-corrected chi connectivity index (χ1v) is 7.40. The van der Waals surface area contributed by atoms with Gasteiger partial charge in [0.1, 0.15) is 5.69 Å². The molecule has 2 unspecified atom stereocenters. The van der Waals surface area contributed by atoms with Crippen molar-refractivity contribution in [3.05, 3.63) is 30.0 Å². The predicted molar refractivity (Wildman–Crippen MR) is 85.2 cm³/mol. The normalized spacial score (nSPS) is 23.3. The molecule has 1 aromatic carbocycles. The van der Waals surface area contributed by atoms with E-state index in [0.717, 1.165) is 30.4 Å². The molecule has 1 aliphatic heterocycles. The second-order valence-electron chi connectivity index (χ2n) is 6.14. The molecule has 1 saturated heterocycles. The molecule has 2 heterocycles. The molecule has 0 bridgehead atoms. The van der Waals surface area contributed by atoms with Gasteiger partial charge in [-0.3, -0.25) is 4.79 Å². The molecule has 4 N–H and O–H groups in total. The quantitative estimate of drug-likeness (QED) is 0.737. The van der Waals surface area contributed by atoms with Gasteiger partial charge in [0.25, 0.3) is 5.91 Å². The van der Waals surface area contributed by atoms with Crippen LogP contribution in [0.2, 0.25) is 0 Å². The van der Waals surface area contributed by atoms with E-state index in [2.05, 4.69) is 29.2 Å². The van der Waals surface area contributed by atoms with E-state index in [1.165, 1.54) is 0 Å². The summed E-state index contributed by atoms with van der Waals surface area (Å²) >= 11 is 0. The number of hydrogen-bond donors (Lipinski definition) is 3. The number of rotatable bonds is 2.